The number of hydrogen-bond acceptors (Lipinski definition) is 6. The maximum absolute atomic E-state index is 7.06. The summed E-state index contributed by atoms with van der Waals surface area (Å²) in [5, 5.41) is 0.632. The summed E-state index contributed by atoms with van der Waals surface area (Å²) < 4.78 is 39.6. The molecule has 5 atom stereocenters. The third kappa shape index (κ3) is 9.67. The van der Waals surface area contributed by atoms with Gasteiger partial charge in [-0.3, -0.25) is 0 Å². The predicted octanol–water partition coefficient (Wildman–Crippen LogP) is 9.00. The van der Waals surface area contributed by atoms with Crippen LogP contribution in [0.1, 0.15) is 39.5 Å². The molecule has 0 bridgehead atoms. The molecule has 0 radical (unpaired) electrons. The highest BCUT2D eigenvalue weighted by molar-refractivity contribution is 9.08. The van der Waals surface area contributed by atoms with Gasteiger partial charge in [-0.05, 0) is 39.9 Å². The van der Waals surface area contributed by atoms with Crippen LogP contribution in [0.2, 0.25) is 0 Å². The minimum atomic E-state index is -0.508. The molecule has 6 nitrogen and oxygen atoms in total. The van der Waals surface area contributed by atoms with Gasteiger partial charge in [-0.15, -0.1) is 0 Å². The molecule has 1 aliphatic rings. The van der Waals surface area contributed by atoms with Gasteiger partial charge in [-0.1, -0.05) is 143 Å². The van der Waals surface area contributed by atoms with Crippen LogP contribution in [0.3, 0.4) is 0 Å². The number of rotatable bonds is 16. The largest absolute Gasteiger partial charge is 0.496 e. The van der Waals surface area contributed by atoms with Crippen molar-refractivity contribution >= 4 is 15.9 Å². The molecule has 0 aliphatic carbocycles. The molecule has 1 aliphatic heterocycles. The highest BCUT2D eigenvalue weighted by atomic mass is 79.9. The zero-order chi connectivity index (χ0) is 33.7. The minimum Gasteiger partial charge on any atom is -0.496 e. The second-order valence-electron chi connectivity index (χ2n) is 12.1. The summed E-state index contributed by atoms with van der Waals surface area (Å²) in [6.07, 6.45) is -2.43. The second-order valence-corrected chi connectivity index (χ2v) is 12.6. The van der Waals surface area contributed by atoms with Crippen molar-refractivity contribution in [2.75, 3.05) is 13.7 Å². The van der Waals surface area contributed by atoms with E-state index >= 15 is 0 Å². The molecule has 0 saturated carbocycles. The van der Waals surface area contributed by atoms with E-state index < -0.39 is 30.5 Å². The molecule has 1 saturated heterocycles. The molecule has 254 valence electrons. The van der Waals surface area contributed by atoms with Crippen molar-refractivity contribution in [1.29, 1.82) is 0 Å². The van der Waals surface area contributed by atoms with Crippen LogP contribution < -0.4 is 4.74 Å². The Labute approximate surface area is 298 Å². The van der Waals surface area contributed by atoms with Gasteiger partial charge < -0.3 is 28.4 Å². The first-order valence-corrected chi connectivity index (χ1v) is 17.8. The zero-order valence-corrected chi connectivity index (χ0v) is 29.3. The fraction of sp³-hybridized carbons (Fsp3) is 0.286. The van der Waals surface area contributed by atoms with E-state index in [1.54, 1.807) is 7.11 Å². The Hall–Kier alpha value is -3.82. The van der Waals surface area contributed by atoms with Crippen molar-refractivity contribution in [3.05, 3.63) is 173 Å². The quantitative estimate of drug-likeness (QED) is 0.0948. The van der Waals surface area contributed by atoms with Crippen LogP contribution in [0.4, 0.5) is 0 Å². The number of ether oxygens (including phenoxy) is 6. The minimum absolute atomic E-state index is 0.308. The first-order valence-electron chi connectivity index (χ1n) is 16.7. The summed E-state index contributed by atoms with van der Waals surface area (Å²) in [5.74, 6) is 0.807. The normalized spacial score (nSPS) is 20.6. The van der Waals surface area contributed by atoms with Gasteiger partial charge in [-0.2, -0.15) is 0 Å². The molecule has 5 aromatic carbocycles. The molecular weight excluding hydrogens is 680 g/mol. The Balaban J connectivity index is 1.37. The summed E-state index contributed by atoms with van der Waals surface area (Å²) in [4.78, 5) is 0. The van der Waals surface area contributed by atoms with Crippen molar-refractivity contribution < 1.29 is 28.4 Å². The van der Waals surface area contributed by atoms with E-state index in [1.165, 1.54) is 0 Å². The Morgan fingerprint density at radius 3 is 1.51 bits per heavy atom. The molecule has 6 rings (SSSR count). The number of hydrogen-bond donors (Lipinski definition) is 0. The van der Waals surface area contributed by atoms with Gasteiger partial charge in [-0.25, -0.2) is 0 Å². The molecule has 7 heteroatoms. The van der Waals surface area contributed by atoms with Crippen LogP contribution in [-0.4, -0.2) is 38.1 Å². The maximum atomic E-state index is 7.06. The first kappa shape index (κ1) is 35.0. The molecule has 5 aromatic rings. The van der Waals surface area contributed by atoms with E-state index in [2.05, 4.69) is 76.6 Å². The average molecular weight is 724 g/mol. The van der Waals surface area contributed by atoms with E-state index in [0.29, 0.717) is 38.4 Å². The summed E-state index contributed by atoms with van der Waals surface area (Å²) in [6, 6.07) is 46.9. The average Bonchev–Trinajstić information content (AvgIpc) is 3.17. The van der Waals surface area contributed by atoms with E-state index in [9.17, 15) is 0 Å². The van der Waals surface area contributed by atoms with Crippen molar-refractivity contribution in [3.63, 3.8) is 0 Å². The van der Waals surface area contributed by atoms with E-state index in [4.69, 9.17) is 28.4 Å². The molecule has 0 spiro atoms. The smallest absolute Gasteiger partial charge is 0.122 e. The van der Waals surface area contributed by atoms with Crippen LogP contribution in [0.5, 0.6) is 5.75 Å². The lowest BCUT2D eigenvalue weighted by atomic mass is 9.89. The number of methoxy groups -OCH3 is 1. The molecule has 0 aromatic heterocycles. The van der Waals surface area contributed by atoms with Crippen molar-refractivity contribution in [2.24, 2.45) is 0 Å². The molecule has 0 unspecified atom stereocenters. The second kappa shape index (κ2) is 18.3. The molecule has 49 heavy (non-hydrogen) atoms. The molecule has 1 fully saturated rings. The molecule has 0 amide bonds. The van der Waals surface area contributed by atoms with Crippen LogP contribution >= 0.6 is 15.9 Å². The third-order valence-electron chi connectivity index (χ3n) is 8.66. The maximum Gasteiger partial charge on any atom is 0.122 e. The lowest BCUT2D eigenvalue weighted by Crippen LogP contribution is -2.58. The molecule has 1 heterocycles. The molecular formula is C42H43BrO6. The summed E-state index contributed by atoms with van der Waals surface area (Å²) >= 11 is 3.65. The standard InChI is InChI=1S/C42H43BrO6/c1-44-37-23-22-35(24-36(37)25-43)39-41(47-28-33-18-10-4-11-19-33)42(48-29-34-20-12-5-13-21-34)40(46-27-32-16-8-3-9-17-32)38(49-39)30-45-26-31-14-6-2-7-15-31/h2-24,38-42H,25-30H2,1H3/t38-,39+,40-,41+,42+/m1/s1. The third-order valence-corrected chi connectivity index (χ3v) is 9.26. The summed E-state index contributed by atoms with van der Waals surface area (Å²) in [6.45, 7) is 1.93. The van der Waals surface area contributed by atoms with Crippen LogP contribution in [0.25, 0.3) is 0 Å². The van der Waals surface area contributed by atoms with Crippen LogP contribution in [-0.2, 0) is 55.4 Å². The van der Waals surface area contributed by atoms with Gasteiger partial charge in [0.1, 0.15) is 36.3 Å². The lowest BCUT2D eigenvalue weighted by molar-refractivity contribution is -0.275. The summed E-state index contributed by atoms with van der Waals surface area (Å²) in [5.41, 5.74) is 6.28. The molecule has 0 N–H and O–H groups in total. The zero-order valence-electron chi connectivity index (χ0n) is 27.7. The van der Waals surface area contributed by atoms with E-state index in [1.807, 2.05) is 78.9 Å². The SMILES string of the molecule is COc1ccc([C@@H]2O[C@H](COCc3ccccc3)[C@@H](OCc3ccccc3)[C@H](OCc3ccccc3)[C@H]2OCc2ccccc2)cc1CBr. The Morgan fingerprint density at radius 2 is 1.02 bits per heavy atom. The van der Waals surface area contributed by atoms with Gasteiger partial charge >= 0.3 is 0 Å². The number of halogens is 1. The number of alkyl halides is 1. The lowest BCUT2D eigenvalue weighted by Gasteiger charge is -2.46. The van der Waals surface area contributed by atoms with Gasteiger partial charge in [0.25, 0.3) is 0 Å². The van der Waals surface area contributed by atoms with Gasteiger partial charge in [0.15, 0.2) is 0 Å². The van der Waals surface area contributed by atoms with Crippen molar-refractivity contribution in [3.8, 4) is 5.75 Å². The highest BCUT2D eigenvalue weighted by Gasteiger charge is 2.49. The monoisotopic (exact) mass is 722 g/mol. The highest BCUT2D eigenvalue weighted by Crippen LogP contribution is 2.40. The van der Waals surface area contributed by atoms with E-state index in [0.717, 1.165) is 39.1 Å². The van der Waals surface area contributed by atoms with E-state index in [-0.39, 0.29) is 0 Å². The van der Waals surface area contributed by atoms with Crippen LogP contribution in [0, 0.1) is 0 Å². The Bertz CT molecular complexity index is 1670. The van der Waals surface area contributed by atoms with Crippen molar-refractivity contribution in [2.45, 2.75) is 62.3 Å². The van der Waals surface area contributed by atoms with Gasteiger partial charge in [0.05, 0.1) is 40.1 Å². The van der Waals surface area contributed by atoms with Crippen molar-refractivity contribution in [1.82, 2.24) is 0 Å². The Morgan fingerprint density at radius 1 is 0.551 bits per heavy atom. The topological polar surface area (TPSA) is 55.4 Å². The Kier molecular flexibility index (Phi) is 13.0. The van der Waals surface area contributed by atoms with Gasteiger partial charge in [0.2, 0.25) is 0 Å². The fourth-order valence-electron chi connectivity index (χ4n) is 6.14. The fourth-order valence-corrected chi connectivity index (χ4v) is 6.58. The van der Waals surface area contributed by atoms with Gasteiger partial charge in [0, 0.05) is 10.9 Å². The first-order chi connectivity index (χ1) is 24.2. The number of benzene rings is 5. The predicted molar refractivity (Wildman–Crippen MR) is 194 cm³/mol. The van der Waals surface area contributed by atoms with Crippen LogP contribution in [0.15, 0.2) is 140 Å². The summed E-state index contributed by atoms with van der Waals surface area (Å²) in [7, 11) is 1.69.